The molecule has 9 heteroatoms. The molecule has 0 N–H and O–H groups in total. The summed E-state index contributed by atoms with van der Waals surface area (Å²) in [5.74, 6) is -0.503. The van der Waals surface area contributed by atoms with Crippen molar-refractivity contribution in [2.45, 2.75) is 31.9 Å². The zero-order chi connectivity index (χ0) is 21.0. The lowest BCUT2D eigenvalue weighted by Crippen LogP contribution is -2.43. The second-order valence-electron chi connectivity index (χ2n) is 6.65. The fourth-order valence-electron chi connectivity index (χ4n) is 3.14. The fraction of sp³-hybridized carbons (Fsp3) is 0.350. The van der Waals surface area contributed by atoms with Crippen molar-refractivity contribution in [3.8, 4) is 5.75 Å². The van der Waals surface area contributed by atoms with Gasteiger partial charge in [0, 0.05) is 18.1 Å². The minimum atomic E-state index is -4.74. The van der Waals surface area contributed by atoms with E-state index < -0.39 is 6.36 Å². The first kappa shape index (κ1) is 21.7. The van der Waals surface area contributed by atoms with Gasteiger partial charge in [-0.15, -0.1) is 13.2 Å². The predicted molar refractivity (Wildman–Crippen MR) is 103 cm³/mol. The van der Waals surface area contributed by atoms with Crippen molar-refractivity contribution in [2.24, 2.45) is 0 Å². The highest BCUT2D eigenvalue weighted by atomic mass is 35.5. The highest BCUT2D eigenvalue weighted by Crippen LogP contribution is 2.26. The van der Waals surface area contributed by atoms with E-state index in [2.05, 4.69) is 4.74 Å². The molecule has 0 saturated carbocycles. The van der Waals surface area contributed by atoms with Crippen LogP contribution in [-0.2, 0) is 11.3 Å². The topological polar surface area (TPSA) is 38.8 Å². The molecule has 0 bridgehead atoms. The molecular formula is C20H18Cl2F3NO3. The number of carbonyl (C=O) groups excluding carboxylic acids is 1. The van der Waals surface area contributed by atoms with Crippen molar-refractivity contribution >= 4 is 29.1 Å². The molecule has 0 spiro atoms. The molecule has 1 aliphatic rings. The number of hydrogen-bond donors (Lipinski definition) is 0. The van der Waals surface area contributed by atoms with E-state index in [-0.39, 0.29) is 29.4 Å². The molecule has 4 nitrogen and oxygen atoms in total. The van der Waals surface area contributed by atoms with E-state index >= 15 is 0 Å². The van der Waals surface area contributed by atoms with Crippen molar-refractivity contribution in [1.82, 2.24) is 4.90 Å². The van der Waals surface area contributed by atoms with Crippen LogP contribution in [0.4, 0.5) is 13.2 Å². The Bertz CT molecular complexity index is 876. The highest BCUT2D eigenvalue weighted by molar-refractivity contribution is 6.36. The maximum Gasteiger partial charge on any atom is 0.573 e. The average molecular weight is 448 g/mol. The Balaban J connectivity index is 1.59. The average Bonchev–Trinajstić information content (AvgIpc) is 2.65. The molecule has 1 aliphatic heterocycles. The molecule has 1 heterocycles. The molecule has 0 radical (unpaired) electrons. The summed E-state index contributed by atoms with van der Waals surface area (Å²) in [6.45, 7) is 1.06. The van der Waals surface area contributed by atoms with E-state index in [0.717, 1.165) is 12.8 Å². The monoisotopic (exact) mass is 447 g/mol. The maximum absolute atomic E-state index is 12.7. The Hall–Kier alpha value is -1.96. The van der Waals surface area contributed by atoms with Gasteiger partial charge in [-0.2, -0.15) is 0 Å². The number of likely N-dealkylation sites (tertiary alicyclic amines) is 1. The van der Waals surface area contributed by atoms with Crippen LogP contribution in [0.1, 0.15) is 28.8 Å². The number of hydrogen-bond acceptors (Lipinski definition) is 3. The van der Waals surface area contributed by atoms with Crippen LogP contribution < -0.4 is 4.74 Å². The van der Waals surface area contributed by atoms with E-state index in [1.807, 2.05) is 0 Å². The van der Waals surface area contributed by atoms with Crippen molar-refractivity contribution in [1.29, 1.82) is 0 Å². The lowest BCUT2D eigenvalue weighted by molar-refractivity contribution is -0.274. The minimum Gasteiger partial charge on any atom is -0.406 e. The summed E-state index contributed by atoms with van der Waals surface area (Å²) in [5, 5.41) is 0.732. The van der Waals surface area contributed by atoms with E-state index in [0.29, 0.717) is 29.2 Å². The predicted octanol–water partition coefficient (Wildman–Crippen LogP) is 5.71. The Labute approximate surface area is 176 Å². The molecule has 1 amide bonds. The normalized spacial score (nSPS) is 17.3. The van der Waals surface area contributed by atoms with Crippen LogP contribution in [0.2, 0.25) is 10.0 Å². The van der Waals surface area contributed by atoms with E-state index in [4.69, 9.17) is 27.9 Å². The first-order chi connectivity index (χ1) is 13.7. The van der Waals surface area contributed by atoms with Crippen LogP contribution in [0.3, 0.4) is 0 Å². The van der Waals surface area contributed by atoms with E-state index in [1.165, 1.54) is 24.3 Å². The Morgan fingerprint density at radius 1 is 1.17 bits per heavy atom. The first-order valence-corrected chi connectivity index (χ1v) is 9.67. The van der Waals surface area contributed by atoms with Crippen LogP contribution >= 0.6 is 23.2 Å². The number of rotatable bonds is 5. The summed E-state index contributed by atoms with van der Waals surface area (Å²) >= 11 is 12.0. The van der Waals surface area contributed by atoms with Gasteiger partial charge in [0.2, 0.25) is 0 Å². The molecule has 2 aromatic rings. The summed E-state index contributed by atoms with van der Waals surface area (Å²) in [7, 11) is 0. The number of alkyl halides is 3. The summed E-state index contributed by atoms with van der Waals surface area (Å²) in [5.41, 5.74) is 0.921. The largest absolute Gasteiger partial charge is 0.573 e. The van der Waals surface area contributed by atoms with Gasteiger partial charge < -0.3 is 14.4 Å². The second-order valence-corrected chi connectivity index (χ2v) is 7.49. The van der Waals surface area contributed by atoms with Gasteiger partial charge in [-0.3, -0.25) is 4.79 Å². The van der Waals surface area contributed by atoms with Crippen LogP contribution in [0, 0.1) is 0 Å². The zero-order valence-corrected chi connectivity index (χ0v) is 16.7. The molecule has 0 aliphatic carbocycles. The maximum atomic E-state index is 12.7. The summed E-state index contributed by atoms with van der Waals surface area (Å²) in [4.78, 5) is 14.4. The number of nitrogens with zero attached hydrogens (tertiary/aromatic N) is 1. The van der Waals surface area contributed by atoms with Gasteiger partial charge in [0.15, 0.2) is 0 Å². The second kappa shape index (κ2) is 9.24. The number of benzene rings is 2. The van der Waals surface area contributed by atoms with Gasteiger partial charge in [0.05, 0.1) is 23.3 Å². The summed E-state index contributed by atoms with van der Waals surface area (Å²) < 4.78 is 46.8. The summed E-state index contributed by atoms with van der Waals surface area (Å²) in [6.07, 6.45) is -3.48. The van der Waals surface area contributed by atoms with Gasteiger partial charge in [-0.1, -0.05) is 35.3 Å². The number of ether oxygens (including phenoxy) is 2. The Morgan fingerprint density at radius 3 is 2.69 bits per heavy atom. The van der Waals surface area contributed by atoms with Gasteiger partial charge >= 0.3 is 6.36 Å². The third-order valence-electron chi connectivity index (χ3n) is 4.44. The SMILES string of the molecule is O=C(c1ccc(Cl)cc1Cl)N1CCC[C@H](OCc2cccc(OC(F)(F)F)c2)C1. The molecule has 29 heavy (non-hydrogen) atoms. The minimum absolute atomic E-state index is 0.115. The van der Waals surface area contributed by atoms with E-state index in [9.17, 15) is 18.0 Å². The molecule has 1 atom stereocenters. The Morgan fingerprint density at radius 2 is 1.97 bits per heavy atom. The summed E-state index contributed by atoms with van der Waals surface area (Å²) in [6, 6.07) is 10.4. The third-order valence-corrected chi connectivity index (χ3v) is 4.99. The highest BCUT2D eigenvalue weighted by Gasteiger charge is 2.31. The molecular weight excluding hydrogens is 430 g/mol. The van der Waals surface area contributed by atoms with Gasteiger partial charge in [0.25, 0.3) is 5.91 Å². The quantitative estimate of drug-likeness (QED) is 0.588. The van der Waals surface area contributed by atoms with Gasteiger partial charge in [0.1, 0.15) is 5.75 Å². The molecule has 2 aromatic carbocycles. The first-order valence-electron chi connectivity index (χ1n) is 8.92. The lowest BCUT2D eigenvalue weighted by atomic mass is 10.1. The van der Waals surface area contributed by atoms with Crippen molar-refractivity contribution in [3.05, 3.63) is 63.6 Å². The van der Waals surface area contributed by atoms with Gasteiger partial charge in [-0.05, 0) is 48.7 Å². The molecule has 3 rings (SSSR count). The van der Waals surface area contributed by atoms with Crippen molar-refractivity contribution in [3.63, 3.8) is 0 Å². The lowest BCUT2D eigenvalue weighted by Gasteiger charge is -2.33. The molecule has 156 valence electrons. The molecule has 0 unspecified atom stereocenters. The molecule has 0 aromatic heterocycles. The number of carbonyl (C=O) groups is 1. The fourth-order valence-corrected chi connectivity index (χ4v) is 3.63. The van der Waals surface area contributed by atoms with Crippen molar-refractivity contribution < 1.29 is 27.4 Å². The van der Waals surface area contributed by atoms with Crippen LogP contribution in [0.15, 0.2) is 42.5 Å². The number of halogens is 5. The van der Waals surface area contributed by atoms with Gasteiger partial charge in [-0.25, -0.2) is 0 Å². The Kier molecular flexibility index (Phi) is 6.93. The van der Waals surface area contributed by atoms with Crippen LogP contribution in [-0.4, -0.2) is 36.4 Å². The van der Waals surface area contributed by atoms with Crippen LogP contribution in [0.25, 0.3) is 0 Å². The third kappa shape index (κ3) is 6.26. The number of amides is 1. The standard InChI is InChI=1S/C20H18Cl2F3NO3/c21-14-6-7-17(18(22)10-14)19(27)26-8-2-5-16(11-26)28-12-13-3-1-4-15(9-13)29-20(23,24)25/h1,3-4,6-7,9-10,16H,2,5,8,11-12H2/t16-/m0/s1. The molecule has 1 saturated heterocycles. The zero-order valence-electron chi connectivity index (χ0n) is 15.2. The van der Waals surface area contributed by atoms with Crippen LogP contribution in [0.5, 0.6) is 5.75 Å². The molecule has 1 fully saturated rings. The van der Waals surface area contributed by atoms with E-state index in [1.54, 1.807) is 23.1 Å². The van der Waals surface area contributed by atoms with Crippen molar-refractivity contribution in [2.75, 3.05) is 13.1 Å². The number of piperidine rings is 1. The smallest absolute Gasteiger partial charge is 0.406 e.